The molecule has 0 fully saturated rings. The molecule has 11 nitrogen and oxygen atoms in total. The van der Waals surface area contributed by atoms with Crippen molar-refractivity contribution < 1.29 is 18.7 Å². The Labute approximate surface area is 210 Å². The van der Waals surface area contributed by atoms with Crippen molar-refractivity contribution in [2.45, 2.75) is 19.7 Å². The number of aromatic nitrogens is 7. The molecule has 0 saturated heterocycles. The third-order valence-corrected chi connectivity index (χ3v) is 5.80. The van der Waals surface area contributed by atoms with Gasteiger partial charge in [-0.15, -0.1) is 5.10 Å². The molecule has 0 atom stereocenters. The number of tetrazole rings is 1. The van der Waals surface area contributed by atoms with E-state index < -0.39 is 11.7 Å². The molecule has 0 aliphatic rings. The number of pyridine rings is 1. The van der Waals surface area contributed by atoms with Crippen molar-refractivity contribution in [2.75, 3.05) is 14.2 Å². The zero-order valence-corrected chi connectivity index (χ0v) is 20.1. The molecule has 0 aliphatic carbocycles. The molecule has 188 valence electrons. The molecule has 37 heavy (non-hydrogen) atoms. The summed E-state index contributed by atoms with van der Waals surface area (Å²) in [4.78, 5) is 17.5. The quantitative estimate of drug-likeness (QED) is 0.327. The van der Waals surface area contributed by atoms with E-state index in [0.717, 1.165) is 16.5 Å². The molecule has 0 spiro atoms. The number of carbonyl (C=O) groups is 1. The van der Waals surface area contributed by atoms with Crippen LogP contribution in [0.5, 0.6) is 5.75 Å². The number of nitrogens with one attached hydrogen (secondary N) is 1. The molecule has 0 radical (unpaired) electrons. The Morgan fingerprint density at radius 1 is 1.16 bits per heavy atom. The number of nitrogens with zero attached hydrogens (tertiary/aromatic N) is 7. The number of hydrogen-bond donors (Lipinski definition) is 1. The van der Waals surface area contributed by atoms with E-state index in [1.54, 1.807) is 23.1 Å². The molecule has 5 rings (SSSR count). The summed E-state index contributed by atoms with van der Waals surface area (Å²) < 4.78 is 28.5. The summed E-state index contributed by atoms with van der Waals surface area (Å²) in [5.41, 5.74) is 3.25. The van der Waals surface area contributed by atoms with Crippen LogP contribution in [0.1, 0.15) is 27.2 Å². The second-order valence-electron chi connectivity index (χ2n) is 8.17. The van der Waals surface area contributed by atoms with E-state index >= 15 is 4.39 Å². The van der Waals surface area contributed by atoms with Crippen LogP contribution < -0.4 is 10.1 Å². The minimum Gasteiger partial charge on any atom is -0.494 e. The highest BCUT2D eigenvalue weighted by atomic mass is 19.1. The fourth-order valence-corrected chi connectivity index (χ4v) is 4.05. The molecule has 0 unspecified atom stereocenters. The van der Waals surface area contributed by atoms with Crippen LogP contribution in [-0.4, -0.2) is 55.1 Å². The molecule has 0 bridgehead atoms. The number of amides is 1. The molecule has 1 N–H and O–H groups in total. The summed E-state index contributed by atoms with van der Waals surface area (Å²) in [6, 6.07) is 12.9. The number of hydrogen-bond acceptors (Lipinski definition) is 8. The second kappa shape index (κ2) is 10.5. The van der Waals surface area contributed by atoms with Crippen molar-refractivity contribution in [1.29, 1.82) is 0 Å². The van der Waals surface area contributed by atoms with E-state index in [0.29, 0.717) is 23.5 Å². The van der Waals surface area contributed by atoms with Gasteiger partial charge in [-0.1, -0.05) is 12.1 Å². The molecule has 5 aromatic rings. The van der Waals surface area contributed by atoms with Gasteiger partial charge in [0.05, 0.1) is 37.0 Å². The predicted octanol–water partition coefficient (Wildman–Crippen LogP) is 2.68. The van der Waals surface area contributed by atoms with Crippen molar-refractivity contribution in [3.63, 3.8) is 0 Å². The number of halogens is 1. The van der Waals surface area contributed by atoms with Crippen LogP contribution in [0.25, 0.3) is 16.6 Å². The Balaban J connectivity index is 1.39. The maximum atomic E-state index is 15.1. The third-order valence-electron chi connectivity index (χ3n) is 5.80. The van der Waals surface area contributed by atoms with Crippen molar-refractivity contribution in [3.8, 4) is 11.4 Å². The van der Waals surface area contributed by atoms with Gasteiger partial charge in [0.1, 0.15) is 12.0 Å². The van der Waals surface area contributed by atoms with E-state index in [1.807, 2.05) is 30.3 Å². The lowest BCUT2D eigenvalue weighted by Gasteiger charge is -2.13. The lowest BCUT2D eigenvalue weighted by atomic mass is 10.1. The average Bonchev–Trinajstić information content (AvgIpc) is 3.58. The van der Waals surface area contributed by atoms with Crippen LogP contribution >= 0.6 is 0 Å². The summed E-state index contributed by atoms with van der Waals surface area (Å²) in [5.74, 6) is -1.00. The van der Waals surface area contributed by atoms with Gasteiger partial charge < -0.3 is 14.8 Å². The molecule has 3 aromatic heterocycles. The number of rotatable bonds is 9. The summed E-state index contributed by atoms with van der Waals surface area (Å²) >= 11 is 0. The highest BCUT2D eigenvalue weighted by Gasteiger charge is 2.20. The Morgan fingerprint density at radius 3 is 2.84 bits per heavy atom. The third kappa shape index (κ3) is 5.00. The smallest absolute Gasteiger partial charge is 0.255 e. The number of methoxy groups -OCH3 is 2. The van der Waals surface area contributed by atoms with Gasteiger partial charge in [0, 0.05) is 37.0 Å². The van der Waals surface area contributed by atoms with Crippen molar-refractivity contribution >= 4 is 16.8 Å². The Bertz CT molecular complexity index is 1550. The van der Waals surface area contributed by atoms with Crippen molar-refractivity contribution in [2.24, 2.45) is 0 Å². The van der Waals surface area contributed by atoms with E-state index in [-0.39, 0.29) is 24.5 Å². The Morgan fingerprint density at radius 2 is 2.05 bits per heavy atom. The van der Waals surface area contributed by atoms with Crippen LogP contribution in [0.4, 0.5) is 4.39 Å². The Hall–Kier alpha value is -4.71. The second-order valence-corrected chi connectivity index (χ2v) is 8.17. The number of benzene rings is 2. The number of ether oxygens (including phenoxy) is 2. The van der Waals surface area contributed by atoms with Gasteiger partial charge in [-0.3, -0.25) is 14.5 Å². The van der Waals surface area contributed by atoms with Gasteiger partial charge >= 0.3 is 0 Å². The number of carbonyl (C=O) groups excluding carboxylic acids is 1. The minimum absolute atomic E-state index is 0.0413. The molecule has 3 heterocycles. The molecular weight excluding hydrogens is 479 g/mol. The van der Waals surface area contributed by atoms with Gasteiger partial charge in [-0.2, -0.15) is 5.10 Å². The summed E-state index contributed by atoms with van der Waals surface area (Å²) in [6.45, 7) is 0.454. The van der Waals surface area contributed by atoms with Gasteiger partial charge in [-0.25, -0.2) is 9.07 Å². The maximum absolute atomic E-state index is 15.1. The fourth-order valence-electron chi connectivity index (χ4n) is 4.05. The first-order valence-corrected chi connectivity index (χ1v) is 11.3. The highest BCUT2D eigenvalue weighted by Crippen LogP contribution is 2.26. The topological polar surface area (TPSA) is 122 Å². The zero-order valence-electron chi connectivity index (χ0n) is 20.1. The lowest BCUT2D eigenvalue weighted by molar-refractivity contribution is 0.0945. The first-order chi connectivity index (χ1) is 18.1. The monoisotopic (exact) mass is 502 g/mol. The van der Waals surface area contributed by atoms with Crippen molar-refractivity contribution in [3.05, 3.63) is 89.4 Å². The molecule has 2 aromatic carbocycles. The van der Waals surface area contributed by atoms with Crippen molar-refractivity contribution in [1.82, 2.24) is 40.3 Å². The van der Waals surface area contributed by atoms with Gasteiger partial charge in [-0.05, 0) is 46.3 Å². The normalized spacial score (nSPS) is 11.1. The maximum Gasteiger partial charge on any atom is 0.255 e. The fraction of sp³-hybridized carbons (Fsp3) is 0.200. The Kier molecular flexibility index (Phi) is 6.81. The SMILES string of the molecule is COCc1nn(Cc2ccc3ncccc3c2)cc1C(=O)NCc1c(-n2cnnn2)ccc(OC)c1F. The largest absolute Gasteiger partial charge is 0.494 e. The van der Waals surface area contributed by atoms with E-state index in [4.69, 9.17) is 9.47 Å². The predicted molar refractivity (Wildman–Crippen MR) is 131 cm³/mol. The van der Waals surface area contributed by atoms with Crippen LogP contribution in [0.2, 0.25) is 0 Å². The zero-order chi connectivity index (χ0) is 25.8. The van der Waals surface area contributed by atoms with E-state index in [9.17, 15) is 4.79 Å². The first kappa shape index (κ1) is 24.0. The molecule has 1 amide bonds. The molecule has 0 aliphatic heterocycles. The van der Waals surface area contributed by atoms with Crippen LogP contribution in [0, 0.1) is 5.82 Å². The molecular formula is C25H23FN8O3. The van der Waals surface area contributed by atoms with Crippen LogP contribution in [0.15, 0.2) is 61.2 Å². The molecule has 0 saturated carbocycles. The van der Waals surface area contributed by atoms with Crippen LogP contribution in [0.3, 0.4) is 0 Å². The van der Waals surface area contributed by atoms with Crippen LogP contribution in [-0.2, 0) is 24.4 Å². The summed E-state index contributed by atoms with van der Waals surface area (Å²) in [5, 5.41) is 19.4. The number of fused-ring (bicyclic) bond motifs is 1. The lowest BCUT2D eigenvalue weighted by Crippen LogP contribution is -2.25. The standard InChI is InChI=1S/C25H23FN8O3/c1-36-14-21-19(13-33(30-21)12-16-5-6-20-17(10-16)4-3-9-27-20)25(35)28-11-18-22(34-15-29-31-32-34)7-8-23(37-2)24(18)26/h3-10,13,15H,11-12,14H2,1-2H3,(H,28,35). The van der Waals surface area contributed by atoms with E-state index in [2.05, 4.69) is 30.9 Å². The average molecular weight is 503 g/mol. The van der Waals surface area contributed by atoms with Gasteiger partial charge in [0.2, 0.25) is 0 Å². The summed E-state index contributed by atoms with van der Waals surface area (Å²) in [7, 11) is 2.90. The van der Waals surface area contributed by atoms with Gasteiger partial charge in [0.25, 0.3) is 5.91 Å². The minimum atomic E-state index is -0.616. The van der Waals surface area contributed by atoms with E-state index in [1.165, 1.54) is 31.3 Å². The molecule has 12 heteroatoms. The summed E-state index contributed by atoms with van der Waals surface area (Å²) in [6.07, 6.45) is 4.75. The first-order valence-electron chi connectivity index (χ1n) is 11.3. The van der Waals surface area contributed by atoms with Gasteiger partial charge in [0.15, 0.2) is 11.6 Å². The highest BCUT2D eigenvalue weighted by molar-refractivity contribution is 5.95.